The molecule has 0 amide bonds. The van der Waals surface area contributed by atoms with E-state index in [9.17, 15) is 0 Å². The Morgan fingerprint density at radius 2 is 2.12 bits per heavy atom. The summed E-state index contributed by atoms with van der Waals surface area (Å²) in [6, 6.07) is 0. The first-order valence-electron chi connectivity index (χ1n) is 6.68. The molecule has 0 saturated heterocycles. The van der Waals surface area contributed by atoms with Crippen LogP contribution in [0.3, 0.4) is 0 Å². The first-order valence-corrected chi connectivity index (χ1v) is 6.68. The maximum atomic E-state index is 6.04. The van der Waals surface area contributed by atoms with E-state index < -0.39 is 0 Å². The fourth-order valence-corrected chi connectivity index (χ4v) is 3.09. The van der Waals surface area contributed by atoms with Gasteiger partial charge in [0.2, 0.25) is 0 Å². The van der Waals surface area contributed by atoms with Gasteiger partial charge in [0.05, 0.1) is 18.2 Å². The van der Waals surface area contributed by atoms with Gasteiger partial charge in [-0.15, -0.1) is 0 Å². The molecule has 0 aromatic carbocycles. The van der Waals surface area contributed by atoms with Crippen molar-refractivity contribution >= 4 is 5.96 Å². The molecule has 2 N–H and O–H groups in total. The van der Waals surface area contributed by atoms with Gasteiger partial charge >= 0.3 is 0 Å². The van der Waals surface area contributed by atoms with Gasteiger partial charge in [-0.3, -0.25) is 4.99 Å². The number of ether oxygens (including phenoxy) is 1. The molecular formula is C13H25N3O. The number of nitrogens with two attached hydrogens (primary N) is 1. The summed E-state index contributed by atoms with van der Waals surface area (Å²) in [5.74, 6) is 1.37. The van der Waals surface area contributed by atoms with Crippen LogP contribution in [0.2, 0.25) is 0 Å². The third kappa shape index (κ3) is 2.41. The second kappa shape index (κ2) is 4.84. The lowest BCUT2D eigenvalue weighted by Crippen LogP contribution is -2.55. The van der Waals surface area contributed by atoms with Gasteiger partial charge in [-0.2, -0.15) is 0 Å². The average molecular weight is 239 g/mol. The summed E-state index contributed by atoms with van der Waals surface area (Å²) in [4.78, 5) is 6.83. The first kappa shape index (κ1) is 12.7. The molecule has 2 rings (SSSR count). The third-order valence-corrected chi connectivity index (χ3v) is 4.13. The van der Waals surface area contributed by atoms with Crippen molar-refractivity contribution in [3.63, 3.8) is 0 Å². The number of methoxy groups -OCH3 is 1. The highest BCUT2D eigenvalue weighted by Crippen LogP contribution is 2.38. The predicted molar refractivity (Wildman–Crippen MR) is 70.0 cm³/mol. The number of guanidine groups is 1. The zero-order valence-electron chi connectivity index (χ0n) is 11.3. The molecule has 2 aliphatic rings. The SMILES string of the molecule is COC1CCC2(CC1)CN=C(N)N2CC(C)C. The molecule has 0 aromatic rings. The summed E-state index contributed by atoms with van der Waals surface area (Å²) in [7, 11) is 1.81. The predicted octanol–water partition coefficient (Wildman–Crippen LogP) is 1.60. The van der Waals surface area contributed by atoms with E-state index in [1.807, 2.05) is 7.11 Å². The van der Waals surface area contributed by atoms with Crippen LogP contribution < -0.4 is 5.73 Å². The number of aliphatic imine (C=N–C) groups is 1. The van der Waals surface area contributed by atoms with Crippen molar-refractivity contribution in [2.24, 2.45) is 16.6 Å². The van der Waals surface area contributed by atoms with Gasteiger partial charge in [-0.25, -0.2) is 0 Å². The Kier molecular flexibility index (Phi) is 3.61. The zero-order chi connectivity index (χ0) is 12.5. The van der Waals surface area contributed by atoms with E-state index in [1.54, 1.807) is 0 Å². The number of nitrogens with zero attached hydrogens (tertiary/aromatic N) is 2. The fraction of sp³-hybridized carbons (Fsp3) is 0.923. The van der Waals surface area contributed by atoms with Crippen molar-refractivity contribution in [2.45, 2.75) is 51.2 Å². The Morgan fingerprint density at radius 3 is 2.65 bits per heavy atom. The Hall–Kier alpha value is -0.770. The van der Waals surface area contributed by atoms with E-state index in [4.69, 9.17) is 10.5 Å². The van der Waals surface area contributed by atoms with Crippen molar-refractivity contribution in [1.29, 1.82) is 0 Å². The Balaban J connectivity index is 2.05. The molecule has 0 aromatic heterocycles. The summed E-state index contributed by atoms with van der Waals surface area (Å²) in [6.45, 7) is 6.37. The molecule has 17 heavy (non-hydrogen) atoms. The van der Waals surface area contributed by atoms with E-state index in [1.165, 1.54) is 0 Å². The monoisotopic (exact) mass is 239 g/mol. The molecule has 4 heteroatoms. The van der Waals surface area contributed by atoms with Crippen LogP contribution in [-0.2, 0) is 4.74 Å². The minimum absolute atomic E-state index is 0.198. The molecule has 0 unspecified atom stereocenters. The van der Waals surface area contributed by atoms with E-state index in [2.05, 4.69) is 23.7 Å². The largest absolute Gasteiger partial charge is 0.381 e. The molecule has 1 saturated carbocycles. The van der Waals surface area contributed by atoms with E-state index in [0.29, 0.717) is 12.0 Å². The van der Waals surface area contributed by atoms with Gasteiger partial charge in [0.15, 0.2) is 5.96 Å². The maximum Gasteiger partial charge on any atom is 0.191 e. The van der Waals surface area contributed by atoms with Gasteiger partial charge < -0.3 is 15.4 Å². The Labute approximate surface area is 104 Å². The topological polar surface area (TPSA) is 50.9 Å². The van der Waals surface area contributed by atoms with Crippen molar-refractivity contribution < 1.29 is 4.74 Å². The molecule has 1 spiro atoms. The molecule has 1 fully saturated rings. The standard InChI is InChI=1S/C13H25N3O/c1-10(2)8-16-12(14)15-9-13(16)6-4-11(17-3)5-7-13/h10-11H,4-9H2,1-3H3,(H2,14,15). The average Bonchev–Trinajstić information content (AvgIpc) is 2.59. The lowest BCUT2D eigenvalue weighted by Gasteiger charge is -2.44. The molecule has 4 nitrogen and oxygen atoms in total. The van der Waals surface area contributed by atoms with Gasteiger partial charge in [0.1, 0.15) is 0 Å². The van der Waals surface area contributed by atoms with Crippen LogP contribution >= 0.6 is 0 Å². The Morgan fingerprint density at radius 1 is 1.47 bits per heavy atom. The second-order valence-electron chi connectivity index (χ2n) is 5.84. The summed E-state index contributed by atoms with van der Waals surface area (Å²) >= 11 is 0. The lowest BCUT2D eigenvalue weighted by atomic mass is 9.79. The highest BCUT2D eigenvalue weighted by Gasteiger charge is 2.44. The second-order valence-corrected chi connectivity index (χ2v) is 5.84. The van der Waals surface area contributed by atoms with E-state index in [-0.39, 0.29) is 5.54 Å². The van der Waals surface area contributed by atoms with Crippen LogP contribution in [0.15, 0.2) is 4.99 Å². The van der Waals surface area contributed by atoms with Crippen molar-refractivity contribution in [3.05, 3.63) is 0 Å². The summed E-state index contributed by atoms with van der Waals surface area (Å²) in [6.07, 6.45) is 5.01. The Bertz CT molecular complexity index is 293. The number of rotatable bonds is 3. The minimum Gasteiger partial charge on any atom is -0.381 e. The fourth-order valence-electron chi connectivity index (χ4n) is 3.09. The third-order valence-electron chi connectivity index (χ3n) is 4.13. The molecule has 1 aliphatic heterocycles. The van der Waals surface area contributed by atoms with Crippen LogP contribution in [0.1, 0.15) is 39.5 Å². The van der Waals surface area contributed by atoms with Crippen molar-refractivity contribution in [1.82, 2.24) is 4.90 Å². The molecule has 1 heterocycles. The van der Waals surface area contributed by atoms with Gasteiger partial charge in [0.25, 0.3) is 0 Å². The van der Waals surface area contributed by atoms with Crippen molar-refractivity contribution in [2.75, 3.05) is 20.2 Å². The molecule has 0 atom stereocenters. The van der Waals surface area contributed by atoms with Crippen LogP contribution in [0.25, 0.3) is 0 Å². The smallest absolute Gasteiger partial charge is 0.191 e. The van der Waals surface area contributed by atoms with Crippen LogP contribution in [0.4, 0.5) is 0 Å². The summed E-state index contributed by atoms with van der Waals surface area (Å²) in [5.41, 5.74) is 6.24. The summed E-state index contributed by atoms with van der Waals surface area (Å²) in [5, 5.41) is 0. The maximum absolute atomic E-state index is 6.04. The molecule has 0 radical (unpaired) electrons. The van der Waals surface area contributed by atoms with Crippen LogP contribution in [0.5, 0.6) is 0 Å². The van der Waals surface area contributed by atoms with E-state index in [0.717, 1.165) is 44.7 Å². The molecule has 1 aliphatic carbocycles. The van der Waals surface area contributed by atoms with Crippen molar-refractivity contribution in [3.8, 4) is 0 Å². The van der Waals surface area contributed by atoms with Gasteiger partial charge in [-0.05, 0) is 31.6 Å². The van der Waals surface area contributed by atoms with Crippen LogP contribution in [0, 0.1) is 5.92 Å². The van der Waals surface area contributed by atoms with Gasteiger partial charge in [-0.1, -0.05) is 13.8 Å². The molecule has 98 valence electrons. The van der Waals surface area contributed by atoms with Gasteiger partial charge in [0, 0.05) is 13.7 Å². The highest BCUT2D eigenvalue weighted by molar-refractivity contribution is 5.81. The first-order chi connectivity index (χ1) is 8.07. The van der Waals surface area contributed by atoms with E-state index >= 15 is 0 Å². The normalized spacial score (nSPS) is 33.5. The number of hydrogen-bond acceptors (Lipinski definition) is 4. The molecule has 0 bridgehead atoms. The highest BCUT2D eigenvalue weighted by atomic mass is 16.5. The summed E-state index contributed by atoms with van der Waals surface area (Å²) < 4.78 is 5.45. The number of hydrogen-bond donors (Lipinski definition) is 1. The minimum atomic E-state index is 0.198. The zero-order valence-corrected chi connectivity index (χ0v) is 11.3. The van der Waals surface area contributed by atoms with Crippen LogP contribution in [-0.4, -0.2) is 42.7 Å². The lowest BCUT2D eigenvalue weighted by molar-refractivity contribution is 0.0209. The molecular weight excluding hydrogens is 214 g/mol. The quantitative estimate of drug-likeness (QED) is 0.814.